The second-order valence-electron chi connectivity index (χ2n) is 7.33. The molecule has 0 unspecified atom stereocenters. The minimum atomic E-state index is -0.153. The van der Waals surface area contributed by atoms with E-state index in [1.807, 2.05) is 42.2 Å². The first-order valence-corrected chi connectivity index (χ1v) is 10.1. The molecule has 6 heteroatoms. The fourth-order valence-electron chi connectivity index (χ4n) is 3.53. The summed E-state index contributed by atoms with van der Waals surface area (Å²) in [7, 11) is 3.10. The highest BCUT2D eigenvalue weighted by molar-refractivity contribution is 5.95. The van der Waals surface area contributed by atoms with Crippen LogP contribution < -0.4 is 14.8 Å². The van der Waals surface area contributed by atoms with Crippen LogP contribution in [0.3, 0.4) is 0 Å². The standard InChI is InChI=1S/C24H28N2O4/c1-17-6-4-5-7-18(17)9-11-23(27)26-14-12-20(13-15-26)25-24(28)19-8-10-21(29-2)22(16-19)30-3/h4-11,16,20H,12-15H2,1-3H3,(H,25,28)/b11-9+. The van der Waals surface area contributed by atoms with E-state index in [1.165, 1.54) is 0 Å². The summed E-state index contributed by atoms with van der Waals surface area (Å²) in [5, 5.41) is 3.06. The molecule has 1 saturated heterocycles. The van der Waals surface area contributed by atoms with E-state index in [2.05, 4.69) is 5.32 Å². The van der Waals surface area contributed by atoms with Gasteiger partial charge in [-0.05, 0) is 55.2 Å². The maximum absolute atomic E-state index is 12.6. The van der Waals surface area contributed by atoms with Crippen molar-refractivity contribution in [3.8, 4) is 11.5 Å². The summed E-state index contributed by atoms with van der Waals surface area (Å²) in [6, 6.07) is 13.1. The second kappa shape index (κ2) is 9.96. The van der Waals surface area contributed by atoms with Gasteiger partial charge in [-0.1, -0.05) is 24.3 Å². The Morgan fingerprint density at radius 3 is 2.40 bits per heavy atom. The van der Waals surface area contributed by atoms with Gasteiger partial charge in [-0.2, -0.15) is 0 Å². The summed E-state index contributed by atoms with van der Waals surface area (Å²) < 4.78 is 10.5. The molecule has 2 amide bonds. The predicted molar refractivity (Wildman–Crippen MR) is 117 cm³/mol. The van der Waals surface area contributed by atoms with E-state index < -0.39 is 0 Å². The number of likely N-dealkylation sites (tertiary alicyclic amines) is 1. The van der Waals surface area contributed by atoms with Gasteiger partial charge in [0.05, 0.1) is 14.2 Å². The van der Waals surface area contributed by atoms with Crippen molar-refractivity contribution in [1.29, 1.82) is 0 Å². The highest BCUT2D eigenvalue weighted by Crippen LogP contribution is 2.27. The SMILES string of the molecule is COc1ccc(C(=O)NC2CCN(C(=O)/C=C/c3ccccc3C)CC2)cc1OC. The molecule has 6 nitrogen and oxygen atoms in total. The molecular formula is C24H28N2O4. The van der Waals surface area contributed by atoms with E-state index in [4.69, 9.17) is 9.47 Å². The molecule has 0 spiro atoms. The highest BCUT2D eigenvalue weighted by atomic mass is 16.5. The van der Waals surface area contributed by atoms with Crippen LogP contribution in [0.15, 0.2) is 48.5 Å². The minimum absolute atomic E-state index is 0.00270. The van der Waals surface area contributed by atoms with Gasteiger partial charge in [0.25, 0.3) is 5.91 Å². The zero-order valence-electron chi connectivity index (χ0n) is 17.7. The van der Waals surface area contributed by atoms with E-state index in [9.17, 15) is 9.59 Å². The lowest BCUT2D eigenvalue weighted by atomic mass is 10.0. The first-order valence-electron chi connectivity index (χ1n) is 10.1. The van der Waals surface area contributed by atoms with Gasteiger partial charge in [0.15, 0.2) is 11.5 Å². The Morgan fingerprint density at radius 2 is 1.73 bits per heavy atom. The maximum Gasteiger partial charge on any atom is 0.251 e. The van der Waals surface area contributed by atoms with Gasteiger partial charge in [-0.15, -0.1) is 0 Å². The van der Waals surface area contributed by atoms with E-state index in [1.54, 1.807) is 38.5 Å². The summed E-state index contributed by atoms with van der Waals surface area (Å²) in [6.07, 6.45) is 4.94. The number of hydrogen-bond donors (Lipinski definition) is 1. The van der Waals surface area contributed by atoms with E-state index in [0.29, 0.717) is 30.2 Å². The van der Waals surface area contributed by atoms with Crippen molar-refractivity contribution >= 4 is 17.9 Å². The molecule has 0 aromatic heterocycles. The zero-order valence-corrected chi connectivity index (χ0v) is 17.7. The van der Waals surface area contributed by atoms with Crippen molar-refractivity contribution in [2.45, 2.75) is 25.8 Å². The van der Waals surface area contributed by atoms with E-state index >= 15 is 0 Å². The fraction of sp³-hybridized carbons (Fsp3) is 0.333. The van der Waals surface area contributed by atoms with E-state index in [-0.39, 0.29) is 17.9 Å². The molecule has 1 fully saturated rings. The Bertz CT molecular complexity index is 931. The first kappa shape index (κ1) is 21.4. The van der Waals surface area contributed by atoms with Gasteiger partial charge >= 0.3 is 0 Å². The molecule has 0 bridgehead atoms. The topological polar surface area (TPSA) is 67.9 Å². The van der Waals surface area contributed by atoms with Crippen molar-refractivity contribution < 1.29 is 19.1 Å². The maximum atomic E-state index is 12.6. The average molecular weight is 408 g/mol. The lowest BCUT2D eigenvalue weighted by Crippen LogP contribution is -2.46. The third-order valence-corrected chi connectivity index (χ3v) is 5.38. The molecule has 1 N–H and O–H groups in total. The summed E-state index contributed by atoms with van der Waals surface area (Å²) in [5.41, 5.74) is 2.70. The Balaban J connectivity index is 1.52. The molecule has 0 aliphatic carbocycles. The number of ether oxygens (including phenoxy) is 2. The van der Waals surface area contributed by atoms with Crippen molar-refractivity contribution in [3.63, 3.8) is 0 Å². The number of amides is 2. The van der Waals surface area contributed by atoms with Gasteiger partial charge in [0.2, 0.25) is 5.91 Å². The van der Waals surface area contributed by atoms with E-state index in [0.717, 1.165) is 24.0 Å². The number of methoxy groups -OCH3 is 2. The van der Waals surface area contributed by atoms with Crippen molar-refractivity contribution in [2.75, 3.05) is 27.3 Å². The Hall–Kier alpha value is -3.28. The van der Waals surface area contributed by atoms with Crippen LogP contribution in [0.4, 0.5) is 0 Å². The largest absolute Gasteiger partial charge is 0.493 e. The van der Waals surface area contributed by atoms with Crippen LogP contribution in [-0.2, 0) is 4.79 Å². The predicted octanol–water partition coefficient (Wildman–Crippen LogP) is 3.45. The van der Waals surface area contributed by atoms with Gasteiger partial charge in [0, 0.05) is 30.8 Å². The normalized spacial score (nSPS) is 14.6. The van der Waals surface area contributed by atoms with Crippen LogP contribution in [0.1, 0.15) is 34.3 Å². The van der Waals surface area contributed by atoms with Crippen molar-refractivity contribution in [1.82, 2.24) is 10.2 Å². The number of carbonyl (C=O) groups excluding carboxylic acids is 2. The van der Waals surface area contributed by atoms with Crippen LogP contribution in [-0.4, -0.2) is 50.1 Å². The number of aryl methyl sites for hydroxylation is 1. The van der Waals surface area contributed by atoms with Crippen LogP contribution in [0.25, 0.3) is 6.08 Å². The quantitative estimate of drug-likeness (QED) is 0.744. The molecule has 1 aliphatic rings. The van der Waals surface area contributed by atoms with Crippen LogP contribution in [0, 0.1) is 6.92 Å². The molecule has 0 atom stereocenters. The van der Waals surface area contributed by atoms with Crippen LogP contribution >= 0.6 is 0 Å². The highest BCUT2D eigenvalue weighted by Gasteiger charge is 2.23. The van der Waals surface area contributed by atoms with Crippen molar-refractivity contribution in [3.05, 3.63) is 65.2 Å². The van der Waals surface area contributed by atoms with Gasteiger partial charge in [0.1, 0.15) is 0 Å². The summed E-state index contributed by atoms with van der Waals surface area (Å²) in [5.74, 6) is 0.953. The molecule has 0 saturated carbocycles. The monoisotopic (exact) mass is 408 g/mol. The number of rotatable bonds is 6. The summed E-state index contributed by atoms with van der Waals surface area (Å²) in [4.78, 5) is 26.9. The molecule has 0 radical (unpaired) electrons. The Kier molecular flexibility index (Phi) is 7.12. The molecule has 1 aliphatic heterocycles. The van der Waals surface area contributed by atoms with Gasteiger partial charge < -0.3 is 19.7 Å². The number of benzene rings is 2. The third kappa shape index (κ3) is 5.20. The lowest BCUT2D eigenvalue weighted by Gasteiger charge is -2.31. The lowest BCUT2D eigenvalue weighted by molar-refractivity contribution is -0.126. The zero-order chi connectivity index (χ0) is 21.5. The molecular weight excluding hydrogens is 380 g/mol. The third-order valence-electron chi connectivity index (χ3n) is 5.38. The summed E-state index contributed by atoms with van der Waals surface area (Å²) >= 11 is 0. The fourth-order valence-corrected chi connectivity index (χ4v) is 3.53. The second-order valence-corrected chi connectivity index (χ2v) is 7.33. The molecule has 30 heavy (non-hydrogen) atoms. The molecule has 158 valence electrons. The van der Waals surface area contributed by atoms with Crippen LogP contribution in [0.5, 0.6) is 11.5 Å². The minimum Gasteiger partial charge on any atom is -0.493 e. The molecule has 1 heterocycles. The summed E-state index contributed by atoms with van der Waals surface area (Å²) in [6.45, 7) is 3.26. The number of hydrogen-bond acceptors (Lipinski definition) is 4. The van der Waals surface area contributed by atoms with Gasteiger partial charge in [-0.3, -0.25) is 9.59 Å². The first-order chi connectivity index (χ1) is 14.5. The number of nitrogens with zero attached hydrogens (tertiary/aromatic N) is 1. The molecule has 2 aromatic carbocycles. The molecule has 3 rings (SSSR count). The number of piperidine rings is 1. The number of nitrogens with one attached hydrogen (secondary N) is 1. The smallest absolute Gasteiger partial charge is 0.251 e. The Labute approximate surface area is 177 Å². The average Bonchev–Trinajstić information content (AvgIpc) is 2.78. The van der Waals surface area contributed by atoms with Gasteiger partial charge in [-0.25, -0.2) is 0 Å². The molecule has 2 aromatic rings. The van der Waals surface area contributed by atoms with Crippen molar-refractivity contribution in [2.24, 2.45) is 0 Å². The van der Waals surface area contributed by atoms with Crippen LogP contribution in [0.2, 0.25) is 0 Å². The number of carbonyl (C=O) groups is 2. The Morgan fingerprint density at radius 1 is 1.03 bits per heavy atom.